The third-order valence-electron chi connectivity index (χ3n) is 1.93. The van der Waals surface area contributed by atoms with Crippen LogP contribution in [-0.4, -0.2) is 9.97 Å². The van der Waals surface area contributed by atoms with Crippen molar-refractivity contribution in [2.24, 2.45) is 0 Å². The number of halogens is 1. The van der Waals surface area contributed by atoms with E-state index in [0.29, 0.717) is 0 Å². The molecule has 3 heteroatoms. The summed E-state index contributed by atoms with van der Waals surface area (Å²) in [5, 5.41) is 0. The number of benzene rings is 1. The van der Waals surface area contributed by atoms with E-state index in [4.69, 9.17) is 0 Å². The molecule has 1 N–H and O–H groups in total. The molecule has 2 aromatic rings. The number of hydrogen-bond acceptors (Lipinski definition) is 1. The van der Waals surface area contributed by atoms with Gasteiger partial charge in [0.25, 0.3) is 0 Å². The van der Waals surface area contributed by atoms with Crippen molar-refractivity contribution in [1.29, 1.82) is 0 Å². The van der Waals surface area contributed by atoms with Crippen molar-refractivity contribution in [3.63, 3.8) is 0 Å². The molecule has 2 nitrogen and oxygen atoms in total. The minimum absolute atomic E-state index is 0. The Labute approximate surface area is 83.8 Å². The summed E-state index contributed by atoms with van der Waals surface area (Å²) >= 11 is 0. The second-order valence-electron chi connectivity index (χ2n) is 2.95. The molecule has 0 saturated carbocycles. The largest absolute Gasteiger partial charge is 0.342 e. The normalized spacial score (nSPS) is 9.92. The van der Waals surface area contributed by atoms with Gasteiger partial charge < -0.3 is 4.98 Å². The monoisotopic (exact) mass is 196 g/mol. The van der Waals surface area contributed by atoms with E-state index in [-0.39, 0.29) is 12.4 Å². The van der Waals surface area contributed by atoms with Crippen LogP contribution in [-0.2, 0) is 6.42 Å². The number of aromatic nitrogens is 2. The summed E-state index contributed by atoms with van der Waals surface area (Å²) in [6, 6.07) is 8.13. The zero-order valence-corrected chi connectivity index (χ0v) is 8.40. The van der Waals surface area contributed by atoms with Gasteiger partial charge in [-0.15, -0.1) is 12.4 Å². The van der Waals surface area contributed by atoms with Crippen molar-refractivity contribution in [2.75, 3.05) is 0 Å². The lowest BCUT2D eigenvalue weighted by molar-refractivity contribution is 0.861. The minimum Gasteiger partial charge on any atom is -0.342 e. The molecule has 2 rings (SSSR count). The summed E-state index contributed by atoms with van der Waals surface area (Å²) in [4.78, 5) is 7.73. The van der Waals surface area contributed by atoms with Crippen LogP contribution >= 0.6 is 12.4 Å². The molecule has 0 bridgehead atoms. The standard InChI is InChI=1S/C10H12N2.ClH/c1-2-5-10-11-8-6-3-4-7-9(8)12-10;/h3-4,6-7H,2,5H2,1H3,(H,11,12);1H. The lowest BCUT2D eigenvalue weighted by Gasteiger charge is -1.86. The van der Waals surface area contributed by atoms with Gasteiger partial charge in [-0.05, 0) is 18.6 Å². The van der Waals surface area contributed by atoms with Crippen molar-refractivity contribution in [3.05, 3.63) is 30.1 Å². The Hall–Kier alpha value is -1.02. The molecule has 0 fully saturated rings. The minimum atomic E-state index is 0. The van der Waals surface area contributed by atoms with Gasteiger partial charge in [0.15, 0.2) is 0 Å². The number of para-hydroxylation sites is 2. The molecule has 0 aliphatic rings. The zero-order valence-electron chi connectivity index (χ0n) is 7.58. The van der Waals surface area contributed by atoms with Crippen LogP contribution < -0.4 is 0 Å². The number of aromatic amines is 1. The van der Waals surface area contributed by atoms with E-state index in [0.717, 1.165) is 29.7 Å². The van der Waals surface area contributed by atoms with E-state index in [1.807, 2.05) is 18.2 Å². The fourth-order valence-electron chi connectivity index (χ4n) is 1.36. The van der Waals surface area contributed by atoms with Crippen LogP contribution in [0, 0.1) is 0 Å². The average molecular weight is 197 g/mol. The highest BCUT2D eigenvalue weighted by molar-refractivity contribution is 5.85. The highest BCUT2D eigenvalue weighted by atomic mass is 35.5. The van der Waals surface area contributed by atoms with Crippen molar-refractivity contribution < 1.29 is 0 Å². The molecule has 0 spiro atoms. The maximum absolute atomic E-state index is 4.45. The second kappa shape index (κ2) is 4.28. The molecule has 0 aliphatic heterocycles. The van der Waals surface area contributed by atoms with E-state index in [2.05, 4.69) is 23.0 Å². The Balaban J connectivity index is 0.000000845. The van der Waals surface area contributed by atoms with Gasteiger partial charge in [-0.1, -0.05) is 19.1 Å². The third-order valence-corrected chi connectivity index (χ3v) is 1.93. The number of aryl methyl sites for hydroxylation is 1. The summed E-state index contributed by atoms with van der Waals surface area (Å²) in [6.45, 7) is 2.16. The SMILES string of the molecule is CCCc1nc2ccccc2[nH]1.Cl. The van der Waals surface area contributed by atoms with Crippen LogP contribution in [0.3, 0.4) is 0 Å². The number of nitrogens with one attached hydrogen (secondary N) is 1. The van der Waals surface area contributed by atoms with Gasteiger partial charge in [-0.2, -0.15) is 0 Å². The van der Waals surface area contributed by atoms with Gasteiger partial charge in [-0.25, -0.2) is 4.98 Å². The first-order valence-electron chi connectivity index (χ1n) is 4.34. The molecule has 1 heterocycles. The molecular formula is C10H13ClN2. The van der Waals surface area contributed by atoms with E-state index < -0.39 is 0 Å². The van der Waals surface area contributed by atoms with Crippen molar-refractivity contribution in [2.45, 2.75) is 19.8 Å². The number of hydrogen-bond donors (Lipinski definition) is 1. The molecule has 1 aromatic heterocycles. The maximum atomic E-state index is 4.45. The van der Waals surface area contributed by atoms with Crippen molar-refractivity contribution in [3.8, 4) is 0 Å². The topological polar surface area (TPSA) is 28.7 Å². The van der Waals surface area contributed by atoms with Crippen LogP contribution in [0.25, 0.3) is 11.0 Å². The van der Waals surface area contributed by atoms with Crippen LogP contribution in [0.5, 0.6) is 0 Å². The lowest BCUT2D eigenvalue weighted by Crippen LogP contribution is -1.83. The number of fused-ring (bicyclic) bond motifs is 1. The van der Waals surface area contributed by atoms with Crippen molar-refractivity contribution in [1.82, 2.24) is 9.97 Å². The maximum Gasteiger partial charge on any atom is 0.107 e. The average Bonchev–Trinajstić information content (AvgIpc) is 2.47. The molecule has 0 aliphatic carbocycles. The summed E-state index contributed by atoms with van der Waals surface area (Å²) < 4.78 is 0. The molecular weight excluding hydrogens is 184 g/mol. The Morgan fingerprint density at radius 3 is 2.77 bits per heavy atom. The van der Waals surface area contributed by atoms with Gasteiger partial charge in [-0.3, -0.25) is 0 Å². The zero-order chi connectivity index (χ0) is 8.39. The third kappa shape index (κ3) is 2.01. The smallest absolute Gasteiger partial charge is 0.107 e. The molecule has 0 amide bonds. The molecule has 0 radical (unpaired) electrons. The quantitative estimate of drug-likeness (QED) is 0.786. The molecule has 0 saturated heterocycles. The number of H-pyrrole nitrogens is 1. The summed E-state index contributed by atoms with van der Waals surface area (Å²) in [5.41, 5.74) is 2.21. The van der Waals surface area contributed by atoms with Gasteiger partial charge >= 0.3 is 0 Å². The van der Waals surface area contributed by atoms with Crippen LogP contribution in [0.1, 0.15) is 19.2 Å². The Bertz CT molecular complexity index is 348. The Morgan fingerprint density at radius 1 is 1.31 bits per heavy atom. The first kappa shape index (κ1) is 10.1. The summed E-state index contributed by atoms with van der Waals surface area (Å²) in [6.07, 6.45) is 2.18. The summed E-state index contributed by atoms with van der Waals surface area (Å²) in [7, 11) is 0. The molecule has 1 aromatic carbocycles. The second-order valence-corrected chi connectivity index (χ2v) is 2.95. The fraction of sp³-hybridized carbons (Fsp3) is 0.300. The first-order valence-corrected chi connectivity index (χ1v) is 4.34. The highest BCUT2D eigenvalue weighted by Crippen LogP contribution is 2.10. The fourth-order valence-corrected chi connectivity index (χ4v) is 1.36. The number of nitrogens with zero attached hydrogens (tertiary/aromatic N) is 1. The van der Waals surface area contributed by atoms with E-state index in [1.165, 1.54) is 0 Å². The van der Waals surface area contributed by atoms with Gasteiger partial charge in [0.2, 0.25) is 0 Å². The predicted octanol–water partition coefficient (Wildman–Crippen LogP) is 2.94. The van der Waals surface area contributed by atoms with Gasteiger partial charge in [0.05, 0.1) is 11.0 Å². The number of rotatable bonds is 2. The van der Waals surface area contributed by atoms with Crippen LogP contribution in [0.15, 0.2) is 24.3 Å². The highest BCUT2D eigenvalue weighted by Gasteiger charge is 1.98. The lowest BCUT2D eigenvalue weighted by atomic mass is 10.3. The van der Waals surface area contributed by atoms with Gasteiger partial charge in [0.1, 0.15) is 5.82 Å². The number of imidazole rings is 1. The van der Waals surface area contributed by atoms with Gasteiger partial charge in [0, 0.05) is 6.42 Å². The van der Waals surface area contributed by atoms with Crippen LogP contribution in [0.4, 0.5) is 0 Å². The van der Waals surface area contributed by atoms with E-state index in [9.17, 15) is 0 Å². The summed E-state index contributed by atoms with van der Waals surface area (Å²) in [5.74, 6) is 1.10. The predicted molar refractivity (Wildman–Crippen MR) is 57.3 cm³/mol. The molecule has 0 atom stereocenters. The Kier molecular flexibility index (Phi) is 3.32. The molecule has 13 heavy (non-hydrogen) atoms. The van der Waals surface area contributed by atoms with Crippen molar-refractivity contribution >= 4 is 23.4 Å². The van der Waals surface area contributed by atoms with Crippen LogP contribution in [0.2, 0.25) is 0 Å². The van der Waals surface area contributed by atoms with E-state index in [1.54, 1.807) is 0 Å². The molecule has 0 unspecified atom stereocenters. The Morgan fingerprint density at radius 2 is 2.08 bits per heavy atom. The first-order chi connectivity index (χ1) is 5.90. The van der Waals surface area contributed by atoms with E-state index >= 15 is 0 Å². The molecule has 70 valence electrons.